The number of esters is 2. The lowest BCUT2D eigenvalue weighted by atomic mass is 10.1. The van der Waals surface area contributed by atoms with E-state index in [9.17, 15) is 57.9 Å². The van der Waals surface area contributed by atoms with Gasteiger partial charge in [-0.15, -0.1) is 0 Å². The van der Waals surface area contributed by atoms with Gasteiger partial charge in [-0.2, -0.15) is 17.6 Å². The molecule has 0 heterocycles. The number of halogens is 11. The van der Waals surface area contributed by atoms with Crippen LogP contribution < -0.4 is 9.47 Å². The summed E-state index contributed by atoms with van der Waals surface area (Å²) in [6.07, 6.45) is 0. The molecule has 0 bridgehead atoms. The van der Waals surface area contributed by atoms with Gasteiger partial charge in [0.2, 0.25) is 69.7 Å². The summed E-state index contributed by atoms with van der Waals surface area (Å²) in [5.41, 5.74) is -4.31. The number of carbonyl (C=O) groups is 2. The fourth-order valence-corrected chi connectivity index (χ4v) is 1.81. The van der Waals surface area contributed by atoms with Crippen LogP contribution >= 0.6 is 0 Å². The molecule has 0 saturated heterocycles. The summed E-state index contributed by atoms with van der Waals surface area (Å²) in [5, 5.41) is 0. The minimum absolute atomic E-state index is 0.129. The van der Waals surface area contributed by atoms with Gasteiger partial charge in [-0.05, 0) is 6.92 Å². The Morgan fingerprint density at radius 3 is 0.935 bits per heavy atom. The van der Waals surface area contributed by atoms with E-state index < -0.39 is 87.3 Å². The van der Waals surface area contributed by atoms with E-state index in [2.05, 4.69) is 9.47 Å². The van der Waals surface area contributed by atoms with Gasteiger partial charge in [0.05, 0.1) is 0 Å². The molecule has 0 fully saturated rings. The van der Waals surface area contributed by atoms with Gasteiger partial charge in [-0.25, -0.2) is 40.3 Å². The van der Waals surface area contributed by atoms with Crippen LogP contribution in [0.2, 0.25) is 0 Å². The molecule has 0 aliphatic heterocycles. The van der Waals surface area contributed by atoms with Crippen LogP contribution in [0.1, 0.15) is 6.92 Å². The van der Waals surface area contributed by atoms with E-state index in [0.29, 0.717) is 0 Å². The van der Waals surface area contributed by atoms with Crippen molar-refractivity contribution in [3.63, 3.8) is 0 Å². The topological polar surface area (TPSA) is 52.6 Å². The summed E-state index contributed by atoms with van der Waals surface area (Å²) in [6.45, 7) is -0.129. The van der Waals surface area contributed by atoms with Crippen molar-refractivity contribution in [1.82, 2.24) is 0 Å². The monoisotopic (exact) mass is 468 g/mol. The molecule has 0 unspecified atom stereocenters. The molecule has 31 heavy (non-hydrogen) atoms. The van der Waals surface area contributed by atoms with Crippen molar-refractivity contribution in [3.8, 4) is 11.5 Å². The van der Waals surface area contributed by atoms with Crippen LogP contribution in [0, 0.1) is 58.2 Å². The average Bonchev–Trinajstić information content (AvgIpc) is 2.73. The summed E-state index contributed by atoms with van der Waals surface area (Å²) in [7, 11) is 0. The Hall–Kier alpha value is -3.39. The van der Waals surface area contributed by atoms with Crippen molar-refractivity contribution in [2.45, 2.75) is 12.6 Å². The number of rotatable bonds is 4. The number of hydrogen-bond acceptors (Lipinski definition) is 4. The van der Waals surface area contributed by atoms with Crippen molar-refractivity contribution in [1.29, 1.82) is 0 Å². The van der Waals surface area contributed by atoms with Crippen LogP contribution in [0.5, 0.6) is 11.5 Å². The van der Waals surface area contributed by atoms with Gasteiger partial charge < -0.3 is 9.47 Å². The molecule has 0 aliphatic rings. The van der Waals surface area contributed by atoms with Crippen molar-refractivity contribution in [2.24, 2.45) is 0 Å². The Balaban J connectivity index is 2.39. The highest BCUT2D eigenvalue weighted by Crippen LogP contribution is 2.33. The number of carbonyl (C=O) groups excluding carboxylic acids is 2. The Labute approximate surface area is 162 Å². The lowest BCUT2D eigenvalue weighted by Crippen LogP contribution is -2.45. The number of alkyl halides is 1. The number of hydrogen-bond donors (Lipinski definition) is 0. The lowest BCUT2D eigenvalue weighted by Gasteiger charge is -2.18. The first-order valence-corrected chi connectivity index (χ1v) is 7.30. The third kappa shape index (κ3) is 3.86. The maximum Gasteiger partial charge on any atom is 0.361 e. The first-order chi connectivity index (χ1) is 14.1. The molecule has 0 aliphatic carbocycles. The molecule has 15 heteroatoms. The molecule has 2 aromatic rings. The molecule has 0 atom stereocenters. The van der Waals surface area contributed by atoms with Crippen molar-refractivity contribution >= 4 is 11.9 Å². The van der Waals surface area contributed by atoms with E-state index in [1.54, 1.807) is 0 Å². The normalized spacial score (nSPS) is 11.5. The number of benzene rings is 2. The quantitative estimate of drug-likeness (QED) is 0.168. The molecule has 0 radical (unpaired) electrons. The molecule has 0 saturated carbocycles. The molecule has 0 spiro atoms. The highest BCUT2D eigenvalue weighted by atomic mass is 19.2. The van der Waals surface area contributed by atoms with Gasteiger partial charge in [0.25, 0.3) is 0 Å². The molecule has 2 aromatic carbocycles. The van der Waals surface area contributed by atoms with Crippen LogP contribution in [0.4, 0.5) is 48.3 Å². The molecule has 0 aromatic heterocycles. The van der Waals surface area contributed by atoms with Crippen molar-refractivity contribution in [2.75, 3.05) is 0 Å². The summed E-state index contributed by atoms with van der Waals surface area (Å²) in [5.74, 6) is -37.0. The predicted molar refractivity (Wildman–Crippen MR) is 73.2 cm³/mol. The van der Waals surface area contributed by atoms with Gasteiger partial charge in [-0.3, -0.25) is 0 Å². The van der Waals surface area contributed by atoms with E-state index in [4.69, 9.17) is 0 Å². The zero-order valence-electron chi connectivity index (χ0n) is 14.3. The third-order valence-corrected chi connectivity index (χ3v) is 3.50. The molecule has 168 valence electrons. The van der Waals surface area contributed by atoms with E-state index in [-0.39, 0.29) is 6.92 Å². The summed E-state index contributed by atoms with van der Waals surface area (Å²) in [6, 6.07) is 0. The zero-order chi connectivity index (χ0) is 24.0. The Morgan fingerprint density at radius 1 is 0.516 bits per heavy atom. The summed E-state index contributed by atoms with van der Waals surface area (Å²) < 4.78 is 154. The maximum absolute atomic E-state index is 14.4. The fourth-order valence-electron chi connectivity index (χ4n) is 1.81. The first-order valence-electron chi connectivity index (χ1n) is 7.30. The molecule has 0 N–H and O–H groups in total. The second kappa shape index (κ2) is 8.03. The lowest BCUT2D eigenvalue weighted by molar-refractivity contribution is -0.162. The molecule has 2 rings (SSSR count). The van der Waals surface area contributed by atoms with Crippen LogP contribution in [0.3, 0.4) is 0 Å². The standard InChI is InChI=1S/C16H3F11O4/c1-16(27,14(28)30-12-8(23)4(19)2(17)5(20)9(12)24)15(29)31-13-10(25)6(21)3(18)7(22)11(13)26/h1H3. The molecular weight excluding hydrogens is 465 g/mol. The van der Waals surface area contributed by atoms with E-state index >= 15 is 0 Å². The maximum atomic E-state index is 14.4. The second-order valence-corrected chi connectivity index (χ2v) is 5.58. The smallest absolute Gasteiger partial charge is 0.361 e. The highest BCUT2D eigenvalue weighted by molar-refractivity contribution is 6.04. The van der Waals surface area contributed by atoms with Crippen molar-refractivity contribution in [3.05, 3.63) is 58.2 Å². The van der Waals surface area contributed by atoms with E-state index in [1.165, 1.54) is 0 Å². The van der Waals surface area contributed by atoms with E-state index in [0.717, 1.165) is 0 Å². The first kappa shape index (κ1) is 23.9. The predicted octanol–water partition coefficient (Wildman–Crippen LogP) is 4.32. The van der Waals surface area contributed by atoms with Crippen LogP contribution in [0.15, 0.2) is 0 Å². The molecule has 0 amide bonds. The minimum atomic E-state index is -4.31. The van der Waals surface area contributed by atoms with Gasteiger partial charge >= 0.3 is 17.6 Å². The Kier molecular flexibility index (Phi) is 6.19. The van der Waals surface area contributed by atoms with Crippen LogP contribution in [-0.2, 0) is 9.59 Å². The third-order valence-electron chi connectivity index (χ3n) is 3.50. The summed E-state index contributed by atoms with van der Waals surface area (Å²) >= 11 is 0. The largest absolute Gasteiger partial charge is 0.417 e. The zero-order valence-corrected chi connectivity index (χ0v) is 14.3. The van der Waals surface area contributed by atoms with Gasteiger partial charge in [0.15, 0.2) is 0 Å². The van der Waals surface area contributed by atoms with Gasteiger partial charge in [0.1, 0.15) is 0 Å². The van der Waals surface area contributed by atoms with Crippen LogP contribution in [-0.4, -0.2) is 17.6 Å². The second-order valence-electron chi connectivity index (χ2n) is 5.58. The van der Waals surface area contributed by atoms with Gasteiger partial charge in [-0.1, -0.05) is 0 Å². The Morgan fingerprint density at radius 2 is 0.710 bits per heavy atom. The molecule has 4 nitrogen and oxygen atoms in total. The summed E-state index contributed by atoms with van der Waals surface area (Å²) in [4.78, 5) is 23.3. The van der Waals surface area contributed by atoms with Gasteiger partial charge in [0, 0.05) is 0 Å². The molecular formula is C16H3F11O4. The fraction of sp³-hybridized carbons (Fsp3) is 0.125. The number of ether oxygens (including phenoxy) is 2. The van der Waals surface area contributed by atoms with Crippen LogP contribution in [0.25, 0.3) is 0 Å². The Bertz CT molecular complexity index is 970. The van der Waals surface area contributed by atoms with E-state index in [1.807, 2.05) is 0 Å². The average molecular weight is 468 g/mol. The SMILES string of the molecule is CC(F)(C(=O)Oc1c(F)c(F)c(F)c(F)c1F)C(=O)Oc1c(F)c(F)c(F)c(F)c1F. The highest BCUT2D eigenvalue weighted by Gasteiger charge is 2.48. The minimum Gasteiger partial charge on any atom is -0.417 e. The van der Waals surface area contributed by atoms with Crippen molar-refractivity contribution < 1.29 is 67.4 Å².